The molecule has 94 valence electrons. The van der Waals surface area contributed by atoms with Gasteiger partial charge in [-0.05, 0) is 19.3 Å². The monoisotopic (exact) mass is 240 g/mol. The number of nitrogens with zero attached hydrogens (tertiary/aromatic N) is 1. The first-order chi connectivity index (χ1) is 7.91. The summed E-state index contributed by atoms with van der Waals surface area (Å²) in [4.78, 5) is 26.5. The van der Waals surface area contributed by atoms with Crippen LogP contribution in [0, 0.1) is 12.8 Å². The molecule has 0 saturated heterocycles. The second kappa shape index (κ2) is 5.47. The number of hydrogen-bond acceptors (Lipinski definition) is 4. The number of aryl methyl sites for hydroxylation is 1. The fraction of sp³-hybridized carbons (Fsp3) is 0.545. The number of nitrogens with one attached hydrogen (secondary N) is 1. The number of aliphatic carboxylic acids is 1. The van der Waals surface area contributed by atoms with E-state index in [-0.39, 0.29) is 11.7 Å². The van der Waals surface area contributed by atoms with Gasteiger partial charge in [0.25, 0.3) is 5.91 Å². The average Bonchev–Trinajstić information content (AvgIpc) is 2.62. The minimum atomic E-state index is -1.05. The molecule has 1 amide bonds. The van der Waals surface area contributed by atoms with E-state index in [2.05, 4.69) is 10.3 Å². The number of carboxylic acids is 1. The van der Waals surface area contributed by atoms with Crippen LogP contribution in [0.1, 0.15) is 36.5 Å². The van der Waals surface area contributed by atoms with Gasteiger partial charge in [-0.15, -0.1) is 0 Å². The van der Waals surface area contributed by atoms with Gasteiger partial charge in [-0.1, -0.05) is 13.8 Å². The summed E-state index contributed by atoms with van der Waals surface area (Å²) < 4.78 is 4.90. The molecule has 0 radical (unpaired) electrons. The molecule has 0 spiro atoms. The van der Waals surface area contributed by atoms with E-state index < -0.39 is 17.9 Å². The number of carbonyl (C=O) groups excluding carboxylic acids is 1. The van der Waals surface area contributed by atoms with Gasteiger partial charge in [0.2, 0.25) is 5.76 Å². The molecule has 0 aromatic carbocycles. The molecule has 2 N–H and O–H groups in total. The highest BCUT2D eigenvalue weighted by Gasteiger charge is 2.24. The summed E-state index contributed by atoms with van der Waals surface area (Å²) >= 11 is 0. The van der Waals surface area contributed by atoms with Gasteiger partial charge in [0.1, 0.15) is 6.04 Å². The van der Waals surface area contributed by atoms with E-state index in [9.17, 15) is 9.59 Å². The van der Waals surface area contributed by atoms with Crippen LogP contribution in [0.3, 0.4) is 0 Å². The second-order valence-electron chi connectivity index (χ2n) is 4.26. The number of carboxylic acid groups (broad SMARTS) is 1. The first-order valence-electron chi connectivity index (χ1n) is 5.35. The topological polar surface area (TPSA) is 92.4 Å². The summed E-state index contributed by atoms with van der Waals surface area (Å²) in [6.45, 7) is 5.40. The molecular formula is C11H16N2O4. The van der Waals surface area contributed by atoms with Crippen molar-refractivity contribution >= 4 is 11.9 Å². The molecule has 1 aromatic rings. The van der Waals surface area contributed by atoms with Crippen LogP contribution in [0.2, 0.25) is 0 Å². The smallest absolute Gasteiger partial charge is 0.326 e. The molecule has 17 heavy (non-hydrogen) atoms. The molecule has 0 fully saturated rings. The van der Waals surface area contributed by atoms with Gasteiger partial charge in [-0.2, -0.15) is 0 Å². The van der Waals surface area contributed by atoms with Crippen LogP contribution < -0.4 is 5.32 Å². The SMILES string of the molecule is Cc1ncoc1C(=O)N[C@H](CC(C)C)C(=O)O. The van der Waals surface area contributed by atoms with Gasteiger partial charge >= 0.3 is 5.97 Å². The maximum atomic E-state index is 11.7. The van der Waals surface area contributed by atoms with Gasteiger partial charge in [0.05, 0.1) is 5.69 Å². The fourth-order valence-electron chi connectivity index (χ4n) is 1.44. The Hall–Kier alpha value is -1.85. The number of amides is 1. The number of rotatable bonds is 5. The highest BCUT2D eigenvalue weighted by molar-refractivity contribution is 5.94. The number of oxazole rings is 1. The van der Waals surface area contributed by atoms with Crippen LogP contribution in [0.4, 0.5) is 0 Å². The Bertz CT molecular complexity index is 411. The number of carbonyl (C=O) groups is 2. The molecule has 1 heterocycles. The Balaban J connectivity index is 2.71. The molecule has 0 unspecified atom stereocenters. The Morgan fingerprint density at radius 1 is 1.53 bits per heavy atom. The van der Waals surface area contributed by atoms with Crippen LogP contribution in [-0.2, 0) is 4.79 Å². The van der Waals surface area contributed by atoms with Crippen molar-refractivity contribution in [2.75, 3.05) is 0 Å². The van der Waals surface area contributed by atoms with E-state index in [1.807, 2.05) is 13.8 Å². The molecular weight excluding hydrogens is 224 g/mol. The predicted octanol–water partition coefficient (Wildman–Crippen LogP) is 1.21. The lowest BCUT2D eigenvalue weighted by atomic mass is 10.0. The summed E-state index contributed by atoms with van der Waals surface area (Å²) in [5.41, 5.74) is 0.441. The van der Waals surface area contributed by atoms with Crippen LogP contribution in [0.15, 0.2) is 10.8 Å². The molecule has 0 aliphatic carbocycles. The van der Waals surface area contributed by atoms with Crippen molar-refractivity contribution in [1.82, 2.24) is 10.3 Å². The molecule has 0 aliphatic heterocycles. The molecule has 6 nitrogen and oxygen atoms in total. The van der Waals surface area contributed by atoms with Crippen molar-refractivity contribution in [2.45, 2.75) is 33.2 Å². The molecule has 1 atom stereocenters. The van der Waals surface area contributed by atoms with E-state index in [0.29, 0.717) is 12.1 Å². The van der Waals surface area contributed by atoms with Gasteiger partial charge in [-0.25, -0.2) is 9.78 Å². The van der Waals surface area contributed by atoms with Crippen molar-refractivity contribution in [1.29, 1.82) is 0 Å². The van der Waals surface area contributed by atoms with Crippen LogP contribution >= 0.6 is 0 Å². The third-order valence-corrected chi connectivity index (χ3v) is 2.26. The lowest BCUT2D eigenvalue weighted by Crippen LogP contribution is -2.41. The lowest BCUT2D eigenvalue weighted by molar-refractivity contribution is -0.139. The van der Waals surface area contributed by atoms with Gasteiger partial charge in [0, 0.05) is 0 Å². The normalized spacial score (nSPS) is 12.5. The van der Waals surface area contributed by atoms with Crippen LogP contribution in [0.5, 0.6) is 0 Å². The van der Waals surface area contributed by atoms with Crippen molar-refractivity contribution in [2.24, 2.45) is 5.92 Å². The molecule has 1 rings (SSSR count). The third-order valence-electron chi connectivity index (χ3n) is 2.26. The van der Waals surface area contributed by atoms with Gasteiger partial charge < -0.3 is 14.8 Å². The number of aromatic nitrogens is 1. The predicted molar refractivity (Wildman–Crippen MR) is 59.6 cm³/mol. The maximum Gasteiger partial charge on any atom is 0.326 e. The third kappa shape index (κ3) is 3.58. The molecule has 0 saturated carbocycles. The average molecular weight is 240 g/mol. The van der Waals surface area contributed by atoms with Gasteiger partial charge in [0.15, 0.2) is 6.39 Å². The van der Waals surface area contributed by atoms with Gasteiger partial charge in [-0.3, -0.25) is 4.79 Å². The van der Waals surface area contributed by atoms with E-state index in [4.69, 9.17) is 9.52 Å². The summed E-state index contributed by atoms with van der Waals surface area (Å²) in [6.07, 6.45) is 1.52. The Kier molecular flexibility index (Phi) is 4.25. The van der Waals surface area contributed by atoms with Crippen LogP contribution in [-0.4, -0.2) is 28.0 Å². The standard InChI is InChI=1S/C11H16N2O4/c1-6(2)4-8(11(15)16)13-10(14)9-7(3)12-5-17-9/h5-6,8H,4H2,1-3H3,(H,13,14)(H,15,16)/t8-/m1/s1. The first kappa shape index (κ1) is 13.2. The second-order valence-corrected chi connectivity index (χ2v) is 4.26. The highest BCUT2D eigenvalue weighted by Crippen LogP contribution is 2.08. The maximum absolute atomic E-state index is 11.7. The minimum Gasteiger partial charge on any atom is -0.480 e. The Morgan fingerprint density at radius 3 is 2.59 bits per heavy atom. The zero-order valence-electron chi connectivity index (χ0n) is 10.1. The number of hydrogen-bond donors (Lipinski definition) is 2. The van der Waals surface area contributed by atoms with E-state index in [1.165, 1.54) is 0 Å². The lowest BCUT2D eigenvalue weighted by Gasteiger charge is -2.15. The van der Waals surface area contributed by atoms with Crippen molar-refractivity contribution < 1.29 is 19.1 Å². The summed E-state index contributed by atoms with van der Waals surface area (Å²) in [5.74, 6) is -1.37. The summed E-state index contributed by atoms with van der Waals surface area (Å²) in [7, 11) is 0. The molecule has 0 aliphatic rings. The molecule has 1 aromatic heterocycles. The Morgan fingerprint density at radius 2 is 2.18 bits per heavy atom. The summed E-state index contributed by atoms with van der Waals surface area (Å²) in [5, 5.41) is 11.4. The highest BCUT2D eigenvalue weighted by atomic mass is 16.4. The minimum absolute atomic E-state index is 0.0556. The Labute approximate surface area is 99.0 Å². The molecule has 0 bridgehead atoms. The van der Waals surface area contributed by atoms with E-state index >= 15 is 0 Å². The largest absolute Gasteiger partial charge is 0.480 e. The van der Waals surface area contributed by atoms with E-state index in [0.717, 1.165) is 6.39 Å². The summed E-state index contributed by atoms with van der Waals surface area (Å²) in [6, 6.07) is -0.910. The fourth-order valence-corrected chi connectivity index (χ4v) is 1.44. The van der Waals surface area contributed by atoms with Crippen molar-refractivity contribution in [3.8, 4) is 0 Å². The van der Waals surface area contributed by atoms with Crippen molar-refractivity contribution in [3.63, 3.8) is 0 Å². The first-order valence-corrected chi connectivity index (χ1v) is 5.35. The zero-order valence-corrected chi connectivity index (χ0v) is 10.1. The molecule has 6 heteroatoms. The van der Waals surface area contributed by atoms with Crippen LogP contribution in [0.25, 0.3) is 0 Å². The zero-order chi connectivity index (χ0) is 13.0. The quantitative estimate of drug-likeness (QED) is 0.807. The van der Waals surface area contributed by atoms with E-state index in [1.54, 1.807) is 6.92 Å². The van der Waals surface area contributed by atoms with Crippen molar-refractivity contribution in [3.05, 3.63) is 17.8 Å².